The second-order valence-corrected chi connectivity index (χ2v) is 4.97. The summed E-state index contributed by atoms with van der Waals surface area (Å²) in [5.41, 5.74) is -3.31. The molecule has 27 heavy (non-hydrogen) atoms. The first-order valence-corrected chi connectivity index (χ1v) is 6.95. The topological polar surface area (TPSA) is 122 Å². The van der Waals surface area contributed by atoms with Crippen molar-refractivity contribution in [3.63, 3.8) is 0 Å². The van der Waals surface area contributed by atoms with Gasteiger partial charge in [0.25, 0.3) is 5.69 Å². The molecular formula is C15H9F3N2O7. The van der Waals surface area contributed by atoms with Crippen LogP contribution >= 0.6 is 0 Å². The van der Waals surface area contributed by atoms with Gasteiger partial charge in [-0.15, -0.1) is 0 Å². The van der Waals surface area contributed by atoms with Crippen LogP contribution in [0.15, 0.2) is 36.4 Å². The summed E-state index contributed by atoms with van der Waals surface area (Å²) < 4.78 is 47.7. The Kier molecular flexibility index (Phi) is 5.28. The first-order valence-electron chi connectivity index (χ1n) is 6.95. The third-order valence-electron chi connectivity index (χ3n) is 3.28. The summed E-state index contributed by atoms with van der Waals surface area (Å²) in [7, 11) is 0.986. The lowest BCUT2D eigenvalue weighted by Crippen LogP contribution is -2.07. The lowest BCUT2D eigenvalue weighted by Gasteiger charge is -2.10. The first-order chi connectivity index (χ1) is 12.5. The number of alkyl halides is 3. The molecule has 0 aliphatic rings. The number of halogens is 3. The Labute approximate surface area is 148 Å². The average Bonchev–Trinajstić information content (AvgIpc) is 2.59. The van der Waals surface area contributed by atoms with E-state index in [1.165, 1.54) is 0 Å². The highest BCUT2D eigenvalue weighted by molar-refractivity contribution is 5.94. The van der Waals surface area contributed by atoms with Gasteiger partial charge in [0.05, 0.1) is 22.5 Å². The van der Waals surface area contributed by atoms with Gasteiger partial charge in [-0.2, -0.15) is 13.2 Å². The summed E-state index contributed by atoms with van der Waals surface area (Å²) in [6.45, 7) is 0. The van der Waals surface area contributed by atoms with E-state index in [2.05, 4.69) is 4.74 Å². The van der Waals surface area contributed by atoms with E-state index in [0.717, 1.165) is 31.4 Å². The number of nitro benzene ring substituents is 2. The predicted molar refractivity (Wildman–Crippen MR) is 82.6 cm³/mol. The van der Waals surface area contributed by atoms with Crippen molar-refractivity contribution in [2.45, 2.75) is 6.18 Å². The number of hydrogen-bond donors (Lipinski definition) is 0. The van der Waals surface area contributed by atoms with Gasteiger partial charge in [-0.3, -0.25) is 20.2 Å². The van der Waals surface area contributed by atoms with Crippen LogP contribution in [0.3, 0.4) is 0 Å². The Balaban J connectivity index is 2.49. The minimum atomic E-state index is -4.80. The quantitative estimate of drug-likeness (QED) is 0.431. The van der Waals surface area contributed by atoms with Crippen molar-refractivity contribution < 1.29 is 37.3 Å². The minimum Gasteiger partial charge on any atom is -0.465 e. The van der Waals surface area contributed by atoms with E-state index < -0.39 is 50.2 Å². The molecule has 0 heterocycles. The van der Waals surface area contributed by atoms with Gasteiger partial charge in [-0.25, -0.2) is 4.79 Å². The summed E-state index contributed by atoms with van der Waals surface area (Å²) in [5.74, 6) is -1.85. The fraction of sp³-hybridized carbons (Fsp3) is 0.133. The summed E-state index contributed by atoms with van der Waals surface area (Å²) in [5, 5.41) is 22.0. The minimum absolute atomic E-state index is 0.246. The van der Waals surface area contributed by atoms with Crippen molar-refractivity contribution >= 4 is 17.3 Å². The molecule has 0 fully saturated rings. The highest BCUT2D eigenvalue weighted by Gasteiger charge is 2.33. The summed E-state index contributed by atoms with van der Waals surface area (Å²) >= 11 is 0. The molecule has 0 saturated heterocycles. The lowest BCUT2D eigenvalue weighted by atomic mass is 10.1. The predicted octanol–water partition coefficient (Wildman–Crippen LogP) is 4.10. The molecule has 142 valence electrons. The highest BCUT2D eigenvalue weighted by Crippen LogP contribution is 2.38. The lowest BCUT2D eigenvalue weighted by molar-refractivity contribution is -0.385. The zero-order valence-electron chi connectivity index (χ0n) is 13.4. The van der Waals surface area contributed by atoms with Crippen LogP contribution in [0.2, 0.25) is 0 Å². The molecule has 0 aromatic heterocycles. The number of benzene rings is 2. The Morgan fingerprint density at radius 1 is 1.00 bits per heavy atom. The zero-order chi connectivity index (χ0) is 20.4. The fourth-order valence-corrected chi connectivity index (χ4v) is 2.06. The number of nitro groups is 2. The third-order valence-corrected chi connectivity index (χ3v) is 3.28. The Morgan fingerprint density at radius 2 is 1.63 bits per heavy atom. The van der Waals surface area contributed by atoms with E-state index in [1.807, 2.05) is 0 Å². The largest absolute Gasteiger partial charge is 0.465 e. The van der Waals surface area contributed by atoms with E-state index >= 15 is 0 Å². The molecule has 0 spiro atoms. The van der Waals surface area contributed by atoms with E-state index in [-0.39, 0.29) is 5.75 Å². The van der Waals surface area contributed by atoms with Gasteiger partial charge < -0.3 is 9.47 Å². The van der Waals surface area contributed by atoms with Crippen molar-refractivity contribution in [3.05, 3.63) is 67.8 Å². The van der Waals surface area contributed by atoms with Gasteiger partial charge in [0, 0.05) is 18.2 Å². The number of hydrogen-bond acceptors (Lipinski definition) is 7. The van der Waals surface area contributed by atoms with Crippen LogP contribution in [0.25, 0.3) is 0 Å². The first kappa shape index (κ1) is 19.6. The SMILES string of the molecule is COC(=O)c1cc(Oc2ccc(C(F)(F)F)cc2[N+](=O)[O-])ccc1[N+](=O)[O-]. The molecule has 0 radical (unpaired) electrons. The maximum absolute atomic E-state index is 12.7. The van der Waals surface area contributed by atoms with Crippen LogP contribution in [0, 0.1) is 20.2 Å². The van der Waals surface area contributed by atoms with Crippen LogP contribution in [-0.2, 0) is 10.9 Å². The number of ether oxygens (including phenoxy) is 2. The van der Waals surface area contributed by atoms with E-state index in [0.29, 0.717) is 12.1 Å². The monoisotopic (exact) mass is 386 g/mol. The van der Waals surface area contributed by atoms with Crippen LogP contribution in [0.4, 0.5) is 24.5 Å². The molecule has 0 atom stereocenters. The normalized spacial score (nSPS) is 11.0. The Morgan fingerprint density at radius 3 is 2.15 bits per heavy atom. The van der Waals surface area contributed by atoms with Gasteiger partial charge >= 0.3 is 17.8 Å². The van der Waals surface area contributed by atoms with Crippen molar-refractivity contribution in [2.24, 2.45) is 0 Å². The molecular weight excluding hydrogens is 377 g/mol. The molecule has 0 N–H and O–H groups in total. The van der Waals surface area contributed by atoms with Crippen LogP contribution in [-0.4, -0.2) is 22.9 Å². The van der Waals surface area contributed by atoms with E-state index in [4.69, 9.17) is 4.74 Å². The Hall–Kier alpha value is -3.70. The van der Waals surface area contributed by atoms with Crippen molar-refractivity contribution in [3.8, 4) is 11.5 Å². The molecule has 0 saturated carbocycles. The number of methoxy groups -OCH3 is 1. The summed E-state index contributed by atoms with van der Waals surface area (Å²) in [4.78, 5) is 31.7. The zero-order valence-corrected chi connectivity index (χ0v) is 13.4. The number of esters is 1. The van der Waals surface area contributed by atoms with E-state index in [9.17, 15) is 38.2 Å². The van der Waals surface area contributed by atoms with Gasteiger partial charge in [0.15, 0.2) is 0 Å². The molecule has 12 heteroatoms. The molecule has 0 aliphatic carbocycles. The van der Waals surface area contributed by atoms with Crippen molar-refractivity contribution in [2.75, 3.05) is 7.11 Å². The van der Waals surface area contributed by atoms with Crippen LogP contribution in [0.1, 0.15) is 15.9 Å². The molecule has 0 bridgehead atoms. The number of nitrogens with zero attached hydrogens (tertiary/aromatic N) is 2. The molecule has 0 aliphatic heterocycles. The standard InChI is InChI=1S/C15H9F3N2O7/c1-26-14(21)10-7-9(3-4-11(10)19(22)23)27-13-5-2-8(15(16,17)18)6-12(13)20(24)25/h2-7H,1H3. The molecule has 0 amide bonds. The fourth-order valence-electron chi connectivity index (χ4n) is 2.06. The van der Waals surface area contributed by atoms with Crippen LogP contribution in [0.5, 0.6) is 11.5 Å². The van der Waals surface area contributed by atoms with Crippen LogP contribution < -0.4 is 4.74 Å². The smallest absolute Gasteiger partial charge is 0.416 e. The number of carbonyl (C=O) groups is 1. The second-order valence-electron chi connectivity index (χ2n) is 4.97. The Bertz CT molecular complexity index is 928. The average molecular weight is 386 g/mol. The number of rotatable bonds is 5. The molecule has 0 unspecified atom stereocenters. The second kappa shape index (κ2) is 7.27. The molecule has 2 aromatic carbocycles. The molecule has 2 aromatic rings. The van der Waals surface area contributed by atoms with Gasteiger partial charge in [0.2, 0.25) is 5.75 Å². The number of carbonyl (C=O) groups excluding carboxylic acids is 1. The maximum Gasteiger partial charge on any atom is 0.416 e. The molecule has 2 rings (SSSR count). The molecule has 9 nitrogen and oxygen atoms in total. The third kappa shape index (κ3) is 4.29. The summed E-state index contributed by atoms with van der Waals surface area (Å²) in [6.07, 6.45) is -4.80. The maximum atomic E-state index is 12.7. The van der Waals surface area contributed by atoms with Crippen molar-refractivity contribution in [1.82, 2.24) is 0 Å². The highest BCUT2D eigenvalue weighted by atomic mass is 19.4. The van der Waals surface area contributed by atoms with Gasteiger partial charge in [-0.05, 0) is 18.2 Å². The van der Waals surface area contributed by atoms with Gasteiger partial charge in [0.1, 0.15) is 11.3 Å². The summed E-state index contributed by atoms with van der Waals surface area (Å²) in [6, 6.07) is 4.44. The van der Waals surface area contributed by atoms with Gasteiger partial charge in [-0.1, -0.05) is 0 Å². The van der Waals surface area contributed by atoms with E-state index in [1.54, 1.807) is 0 Å². The van der Waals surface area contributed by atoms with Crippen molar-refractivity contribution in [1.29, 1.82) is 0 Å².